The number of nitriles is 1. The van der Waals surface area contributed by atoms with Crippen LogP contribution in [0.2, 0.25) is 0 Å². The largest absolute Gasteiger partial charge is 0.496 e. The summed E-state index contributed by atoms with van der Waals surface area (Å²) >= 11 is 0. The first-order valence-electron chi connectivity index (χ1n) is 15.5. The number of hydrogen-bond donors (Lipinski definition) is 1. The Kier molecular flexibility index (Phi) is 7.94. The van der Waals surface area contributed by atoms with Gasteiger partial charge in [0.05, 0.1) is 31.5 Å². The number of furan rings is 1. The minimum atomic E-state index is -0.0918. The zero-order valence-corrected chi connectivity index (χ0v) is 24.9. The van der Waals surface area contributed by atoms with Crippen LogP contribution >= 0.6 is 0 Å². The average molecular weight is 593 g/mol. The summed E-state index contributed by atoms with van der Waals surface area (Å²) in [5.74, 6) is 1.61. The number of benzene rings is 2. The van der Waals surface area contributed by atoms with Crippen LogP contribution in [0.5, 0.6) is 11.5 Å². The molecule has 2 aromatic heterocycles. The van der Waals surface area contributed by atoms with Gasteiger partial charge in [0.1, 0.15) is 34.9 Å². The van der Waals surface area contributed by atoms with Crippen molar-refractivity contribution in [3.8, 4) is 40.0 Å². The highest BCUT2D eigenvalue weighted by molar-refractivity contribution is 5.97. The summed E-state index contributed by atoms with van der Waals surface area (Å²) < 4.78 is 23.7. The third-order valence-corrected chi connectivity index (χ3v) is 9.12. The van der Waals surface area contributed by atoms with Gasteiger partial charge in [0.25, 0.3) is 5.91 Å². The maximum atomic E-state index is 13.1. The molecule has 1 amide bonds. The van der Waals surface area contributed by atoms with Crippen LogP contribution in [0, 0.1) is 11.3 Å². The predicted molar refractivity (Wildman–Crippen MR) is 166 cm³/mol. The van der Waals surface area contributed by atoms with Gasteiger partial charge in [0.2, 0.25) is 0 Å². The molecule has 4 aromatic rings. The van der Waals surface area contributed by atoms with E-state index in [1.165, 1.54) is 25.9 Å². The molecule has 3 aliphatic rings. The van der Waals surface area contributed by atoms with E-state index in [1.807, 2.05) is 42.5 Å². The van der Waals surface area contributed by atoms with Crippen molar-refractivity contribution in [2.75, 3.05) is 33.4 Å². The van der Waals surface area contributed by atoms with Crippen molar-refractivity contribution in [3.05, 3.63) is 65.9 Å². The van der Waals surface area contributed by atoms with Crippen LogP contribution in [0.3, 0.4) is 0 Å². The maximum absolute atomic E-state index is 13.1. The van der Waals surface area contributed by atoms with Gasteiger partial charge in [-0.25, -0.2) is 0 Å². The number of pyridine rings is 1. The Morgan fingerprint density at radius 3 is 2.61 bits per heavy atom. The lowest BCUT2D eigenvalue weighted by molar-refractivity contribution is 0.0254. The van der Waals surface area contributed by atoms with Crippen molar-refractivity contribution in [1.82, 2.24) is 15.2 Å². The van der Waals surface area contributed by atoms with Crippen LogP contribution in [0.15, 0.2) is 59.1 Å². The Bertz CT molecular complexity index is 1710. The molecule has 0 unspecified atom stereocenters. The zero-order valence-electron chi connectivity index (χ0n) is 24.9. The van der Waals surface area contributed by atoms with Gasteiger partial charge in [-0.05, 0) is 80.7 Å². The van der Waals surface area contributed by atoms with E-state index < -0.39 is 0 Å². The first kappa shape index (κ1) is 28.4. The summed E-state index contributed by atoms with van der Waals surface area (Å²) in [4.78, 5) is 20.2. The maximum Gasteiger partial charge on any atom is 0.251 e. The van der Waals surface area contributed by atoms with E-state index in [0.29, 0.717) is 58.7 Å². The smallest absolute Gasteiger partial charge is 0.251 e. The highest BCUT2D eigenvalue weighted by atomic mass is 16.5. The molecule has 9 nitrogen and oxygen atoms in total. The van der Waals surface area contributed by atoms with E-state index in [4.69, 9.17) is 18.6 Å². The lowest BCUT2D eigenvalue weighted by Crippen LogP contribution is -2.53. The summed E-state index contributed by atoms with van der Waals surface area (Å²) in [6.07, 6.45) is 7.97. The van der Waals surface area contributed by atoms with Crippen molar-refractivity contribution in [1.29, 1.82) is 5.26 Å². The van der Waals surface area contributed by atoms with Gasteiger partial charge in [-0.15, -0.1) is 0 Å². The number of nitrogens with one attached hydrogen (secondary N) is 1. The summed E-state index contributed by atoms with van der Waals surface area (Å²) in [5, 5.41) is 13.1. The molecular weight excluding hydrogens is 556 g/mol. The number of fused-ring (bicyclic) bond motifs is 1. The Balaban J connectivity index is 1.10. The van der Waals surface area contributed by atoms with Gasteiger partial charge in [0.15, 0.2) is 5.58 Å². The molecule has 3 fully saturated rings. The molecule has 2 aliphatic heterocycles. The zero-order chi connectivity index (χ0) is 30.0. The van der Waals surface area contributed by atoms with Crippen LogP contribution in [-0.2, 0) is 4.74 Å². The van der Waals surface area contributed by atoms with E-state index in [0.717, 1.165) is 42.4 Å². The van der Waals surface area contributed by atoms with Gasteiger partial charge in [-0.1, -0.05) is 6.07 Å². The fourth-order valence-corrected chi connectivity index (χ4v) is 6.57. The van der Waals surface area contributed by atoms with Crippen molar-refractivity contribution < 1.29 is 23.4 Å². The third-order valence-electron chi connectivity index (χ3n) is 9.12. The number of methoxy groups -OCH3 is 1. The summed E-state index contributed by atoms with van der Waals surface area (Å²) in [7, 11) is 1.59. The Morgan fingerprint density at radius 1 is 1.02 bits per heavy atom. The predicted octanol–water partition coefficient (Wildman–Crippen LogP) is 5.96. The molecule has 2 aromatic carbocycles. The quantitative estimate of drug-likeness (QED) is 0.267. The number of aromatic nitrogens is 1. The average Bonchev–Trinajstić information content (AvgIpc) is 3.73. The molecule has 4 heterocycles. The van der Waals surface area contributed by atoms with Crippen LogP contribution in [0.25, 0.3) is 33.6 Å². The fourth-order valence-electron chi connectivity index (χ4n) is 6.57. The highest BCUT2D eigenvalue weighted by Crippen LogP contribution is 2.39. The number of hydrogen-bond acceptors (Lipinski definition) is 8. The van der Waals surface area contributed by atoms with Gasteiger partial charge < -0.3 is 28.8 Å². The normalized spacial score (nSPS) is 20.6. The standard InChI is InChI=1S/C35H36N4O5/c1-41-32-17-23(35(40)38-25-18-26(19-25)39-12-2-3-13-39)4-6-29(32)33-20-30-34(44-33)28(8-11-37-30)22-5-7-31(24(16-22)21-36)43-27-9-14-42-15-10-27/h4-8,11,16-17,20,25-27H,2-3,9-10,12-15,18-19H2,1H3,(H,38,40). The number of rotatable bonds is 8. The first-order chi connectivity index (χ1) is 21.6. The lowest BCUT2D eigenvalue weighted by Gasteiger charge is -2.41. The monoisotopic (exact) mass is 592 g/mol. The van der Waals surface area contributed by atoms with E-state index in [2.05, 4.69) is 21.3 Å². The lowest BCUT2D eigenvalue weighted by atomic mass is 9.85. The molecule has 1 saturated carbocycles. The van der Waals surface area contributed by atoms with Gasteiger partial charge >= 0.3 is 0 Å². The molecular formula is C35H36N4O5. The number of ether oxygens (including phenoxy) is 3. The number of carbonyl (C=O) groups excluding carboxylic acids is 1. The second kappa shape index (κ2) is 12.3. The number of likely N-dealkylation sites (tertiary alicyclic amines) is 1. The van der Waals surface area contributed by atoms with E-state index in [9.17, 15) is 10.1 Å². The van der Waals surface area contributed by atoms with Crippen LogP contribution in [0.1, 0.15) is 54.4 Å². The van der Waals surface area contributed by atoms with Crippen LogP contribution in [0.4, 0.5) is 0 Å². The van der Waals surface area contributed by atoms with Crippen molar-refractivity contribution in [2.45, 2.75) is 56.7 Å². The molecule has 44 heavy (non-hydrogen) atoms. The van der Waals surface area contributed by atoms with Gasteiger partial charge in [-0.2, -0.15) is 5.26 Å². The minimum Gasteiger partial charge on any atom is -0.496 e. The summed E-state index contributed by atoms with van der Waals surface area (Å²) in [5.41, 5.74) is 4.68. The number of nitrogens with zero attached hydrogens (tertiary/aromatic N) is 3. The Morgan fingerprint density at radius 2 is 1.84 bits per heavy atom. The van der Waals surface area contributed by atoms with Crippen molar-refractivity contribution in [2.24, 2.45) is 0 Å². The molecule has 0 radical (unpaired) electrons. The summed E-state index contributed by atoms with van der Waals surface area (Å²) in [6.45, 7) is 3.70. The van der Waals surface area contributed by atoms with E-state index in [1.54, 1.807) is 19.4 Å². The Hall–Kier alpha value is -4.39. The molecule has 0 bridgehead atoms. The molecule has 226 valence electrons. The van der Waals surface area contributed by atoms with Crippen molar-refractivity contribution >= 4 is 17.0 Å². The Labute approximate surface area is 256 Å². The minimum absolute atomic E-state index is 0.0414. The third kappa shape index (κ3) is 5.63. The second-order valence-electron chi connectivity index (χ2n) is 11.9. The first-order valence-corrected chi connectivity index (χ1v) is 15.5. The fraction of sp³-hybridized carbons (Fsp3) is 0.400. The van der Waals surface area contributed by atoms with Crippen LogP contribution < -0.4 is 14.8 Å². The highest BCUT2D eigenvalue weighted by Gasteiger charge is 2.35. The SMILES string of the molecule is COc1cc(C(=O)NC2CC(N3CCCC3)C2)ccc1-c1cc2nccc(-c3ccc(OC4CCOCC4)c(C#N)c3)c2o1. The van der Waals surface area contributed by atoms with Crippen LogP contribution in [-0.4, -0.2) is 67.4 Å². The van der Waals surface area contributed by atoms with Gasteiger partial charge in [0, 0.05) is 48.3 Å². The van der Waals surface area contributed by atoms with Crippen molar-refractivity contribution in [3.63, 3.8) is 0 Å². The molecule has 0 atom stereocenters. The molecule has 0 spiro atoms. The number of amides is 1. The second-order valence-corrected chi connectivity index (χ2v) is 11.9. The summed E-state index contributed by atoms with van der Waals surface area (Å²) in [6, 6.07) is 17.9. The topological polar surface area (TPSA) is 110 Å². The van der Waals surface area contributed by atoms with Gasteiger partial charge in [-0.3, -0.25) is 9.78 Å². The number of carbonyl (C=O) groups is 1. The molecule has 1 N–H and O–H groups in total. The molecule has 9 heteroatoms. The van der Waals surface area contributed by atoms with E-state index >= 15 is 0 Å². The molecule has 1 aliphatic carbocycles. The molecule has 2 saturated heterocycles. The van der Waals surface area contributed by atoms with E-state index in [-0.39, 0.29) is 18.1 Å². The molecule has 7 rings (SSSR count).